The Hall–Kier alpha value is -8.62. The number of aromatic nitrogens is 3. The fraction of sp³-hybridized carbons (Fsp3) is 0.432. The van der Waals surface area contributed by atoms with Crippen LogP contribution < -0.4 is 25.4 Å². The number of benzene rings is 9. The van der Waals surface area contributed by atoms with Crippen LogP contribution in [-0.4, -0.2) is 190 Å². The molecule has 0 amide bonds. The molecule has 137 heavy (non-hydrogen) atoms. The van der Waals surface area contributed by atoms with E-state index in [1.807, 2.05) is 66.7 Å². The predicted octanol–water partition coefficient (Wildman–Crippen LogP) is 24.7. The number of piperazine rings is 3. The molecule has 3 N–H and O–H groups in total. The Morgan fingerprint density at radius 2 is 0.628 bits per heavy atom. The van der Waals surface area contributed by atoms with E-state index >= 15 is 0 Å². The zero-order valence-corrected chi connectivity index (χ0v) is 83.5. The molecule has 6 aliphatic heterocycles. The highest BCUT2D eigenvalue weighted by molar-refractivity contribution is 6.37. The van der Waals surface area contributed by atoms with Crippen LogP contribution in [-0.2, 0) is 73.3 Å². The van der Waals surface area contributed by atoms with Gasteiger partial charge in [-0.1, -0.05) is 179 Å². The number of rotatable bonds is 35. The van der Waals surface area contributed by atoms with Crippen molar-refractivity contribution in [3.63, 3.8) is 0 Å². The van der Waals surface area contributed by atoms with Crippen molar-refractivity contribution in [3.05, 3.63) is 270 Å². The van der Waals surface area contributed by atoms with Gasteiger partial charge in [-0.05, 0) is 234 Å². The number of ether oxygens (including phenoxy) is 2. The quantitative estimate of drug-likeness (QED) is 0.0325. The first-order valence-corrected chi connectivity index (χ1v) is 51.7. The van der Waals surface area contributed by atoms with Gasteiger partial charge in [0.05, 0.1) is 25.2 Å². The highest BCUT2D eigenvalue weighted by Gasteiger charge is 2.32. The second kappa shape index (κ2) is 49.2. The van der Waals surface area contributed by atoms with E-state index in [0.29, 0.717) is 53.2 Å². The summed E-state index contributed by atoms with van der Waals surface area (Å²) in [7, 11) is 1.70. The van der Waals surface area contributed by atoms with Crippen molar-refractivity contribution in [1.29, 1.82) is 0 Å². The summed E-state index contributed by atoms with van der Waals surface area (Å²) in [6, 6.07) is 60.9. The van der Waals surface area contributed by atoms with Crippen LogP contribution in [0.2, 0.25) is 30.1 Å². The van der Waals surface area contributed by atoms with Crippen molar-refractivity contribution in [3.8, 4) is 44.9 Å². The minimum atomic E-state index is -4.74. The fourth-order valence-electron chi connectivity index (χ4n) is 20.4. The van der Waals surface area contributed by atoms with E-state index in [1.54, 1.807) is 19.2 Å². The summed E-state index contributed by atoms with van der Waals surface area (Å²) < 4.78 is 54.9. The number of piperidine rings is 3. The summed E-state index contributed by atoms with van der Waals surface area (Å²) >= 11 is 38.6. The minimum absolute atomic E-state index is 0.00990. The number of aryl methyl sites for hydroxylation is 4. The molecule has 17 nitrogen and oxygen atoms in total. The summed E-state index contributed by atoms with van der Waals surface area (Å²) in [6.45, 7) is 24.1. The van der Waals surface area contributed by atoms with Gasteiger partial charge in [-0.15, -0.1) is 13.2 Å². The zero-order valence-electron chi connectivity index (χ0n) is 79.0. The number of hydrogen-bond acceptors (Lipinski definition) is 14. The Kier molecular flexibility index (Phi) is 36.4. The molecule has 9 aromatic carbocycles. The molecule has 0 aliphatic carbocycles. The van der Waals surface area contributed by atoms with Gasteiger partial charge in [0, 0.05) is 272 Å². The SMILES string of the molecule is COc1ccc(-c2cn(CCCCC(=O)C3CCCCN3)c3ccc(CN4CCN(Cc5c(Cl)cccc5Cl)CC4)cc23)cc1.Cc1ccc(-c2cn(CCCCC(=O)C3CCCCN3)c3ccc(CN4CCN(Cc5c(Cl)cccc5Cl)CC4)cc23)cc1.O=C(CCCCn1cc(-c2ccc(OC(F)(F)F)cc2)c2cc(CN3CCN(Cc4c(Cl)cccc4Cl)CC3)ccc21)C1CCCCN1. The molecule has 0 spiro atoms. The molecule has 9 heterocycles. The van der Waals surface area contributed by atoms with E-state index in [1.165, 1.54) is 91.3 Å². The third-order valence-corrected chi connectivity index (χ3v) is 30.4. The van der Waals surface area contributed by atoms with E-state index in [-0.39, 0.29) is 23.9 Å². The normalized spacial score (nSPS) is 18.1. The number of alkyl halides is 3. The third kappa shape index (κ3) is 27.8. The highest BCUT2D eigenvalue weighted by atomic mass is 35.5. The van der Waals surface area contributed by atoms with Crippen LogP contribution in [0.4, 0.5) is 13.2 Å². The van der Waals surface area contributed by atoms with Crippen molar-refractivity contribution in [2.24, 2.45) is 0 Å². The Bertz CT molecular complexity index is 5950. The summed E-state index contributed by atoms with van der Waals surface area (Å²) in [5.41, 5.74) is 18.4. The van der Waals surface area contributed by atoms with Crippen LogP contribution >= 0.6 is 69.6 Å². The second-order valence-electron chi connectivity index (χ2n) is 38.0. The summed E-state index contributed by atoms with van der Waals surface area (Å²) in [4.78, 5) is 52.8. The lowest BCUT2D eigenvalue weighted by molar-refractivity contribution is -0.274. The van der Waals surface area contributed by atoms with Gasteiger partial charge < -0.3 is 39.1 Å². The maximum Gasteiger partial charge on any atom is 0.573 e. The molecule has 0 saturated carbocycles. The molecule has 6 saturated heterocycles. The van der Waals surface area contributed by atoms with Crippen LogP contribution in [0.15, 0.2) is 201 Å². The minimum Gasteiger partial charge on any atom is -0.497 e. The maximum atomic E-state index is 12.8. The Morgan fingerprint density at radius 1 is 0.350 bits per heavy atom. The van der Waals surface area contributed by atoms with E-state index in [4.69, 9.17) is 74.3 Å². The van der Waals surface area contributed by atoms with Gasteiger partial charge in [0.25, 0.3) is 0 Å². The number of carbonyl (C=O) groups is 3. The topological polar surface area (TPSA) is 140 Å². The van der Waals surface area contributed by atoms with Gasteiger partial charge in [0.15, 0.2) is 0 Å². The largest absolute Gasteiger partial charge is 0.573 e. The number of ketones is 3. The van der Waals surface area contributed by atoms with Crippen LogP contribution in [0, 0.1) is 6.92 Å². The van der Waals surface area contributed by atoms with Crippen molar-refractivity contribution in [2.45, 2.75) is 206 Å². The average Bonchev–Trinajstić information content (AvgIpc) is 1.64. The number of hydrogen-bond donors (Lipinski definition) is 3. The van der Waals surface area contributed by atoms with Gasteiger partial charge in [-0.25, -0.2) is 0 Å². The molecule has 18 rings (SSSR count). The second-order valence-corrected chi connectivity index (χ2v) is 40.4. The number of carbonyl (C=O) groups excluding carboxylic acids is 3. The smallest absolute Gasteiger partial charge is 0.497 e. The number of nitrogens with one attached hydrogen (secondary N) is 3. The van der Waals surface area contributed by atoms with Gasteiger partial charge in [-0.3, -0.25) is 43.8 Å². The Labute approximate surface area is 835 Å². The third-order valence-electron chi connectivity index (χ3n) is 28.3. The van der Waals surface area contributed by atoms with Crippen molar-refractivity contribution in [2.75, 3.05) is 105 Å². The van der Waals surface area contributed by atoms with Crippen LogP contribution in [0.1, 0.15) is 155 Å². The molecule has 0 bridgehead atoms. The van der Waals surface area contributed by atoms with Crippen molar-refractivity contribution < 1.29 is 37.0 Å². The van der Waals surface area contributed by atoms with Crippen LogP contribution in [0.25, 0.3) is 66.1 Å². The number of methoxy groups -OCH3 is 1. The van der Waals surface area contributed by atoms with Crippen molar-refractivity contribution >= 4 is 120 Å². The lowest BCUT2D eigenvalue weighted by Crippen LogP contribution is -2.45. The van der Waals surface area contributed by atoms with Gasteiger partial charge >= 0.3 is 6.36 Å². The monoisotopic (exact) mass is 1980 g/mol. The predicted molar refractivity (Wildman–Crippen MR) is 555 cm³/mol. The van der Waals surface area contributed by atoms with E-state index in [2.05, 4.69) is 180 Å². The van der Waals surface area contributed by atoms with E-state index < -0.39 is 6.36 Å². The lowest BCUT2D eigenvalue weighted by atomic mass is 9.98. The Balaban J connectivity index is 0.000000149. The number of unbranched alkanes of at least 4 members (excludes halogenated alkanes) is 3. The van der Waals surface area contributed by atoms with E-state index in [9.17, 15) is 27.6 Å². The number of halogens is 9. The molecule has 3 unspecified atom stereocenters. The zero-order chi connectivity index (χ0) is 95.3. The highest BCUT2D eigenvalue weighted by Crippen LogP contribution is 2.40. The summed E-state index contributed by atoms with van der Waals surface area (Å²) in [5.74, 6) is 1.68. The van der Waals surface area contributed by atoms with Crippen molar-refractivity contribution in [1.82, 2.24) is 59.1 Å². The number of fused-ring (bicyclic) bond motifs is 3. The summed E-state index contributed by atoms with van der Waals surface area (Å²) in [5, 5.41) is 18.1. The van der Waals surface area contributed by atoms with Crippen LogP contribution in [0.3, 0.4) is 0 Å². The molecule has 0 radical (unpaired) electrons. The first kappa shape index (κ1) is 101. The standard InChI is InChI=1S/C37H41Cl2F3N4O2.C37H44Cl2N4O2.C37H44Cl2N4O/c38-32-6-5-7-33(39)31(32)24-45-20-18-44(19-21-45)23-26-10-15-35-29(22-26)30(27-11-13-28(14-12-27)48-37(40,41)42)25-46(35)17-4-2-9-36(47)34-8-1-3-16-43-34;1-45-29-14-12-28(13-15-29)31-26-43(18-5-3-10-37(44)35-9-2-4-17-40-35)36-16-11-27(23-30(31)36)24-41-19-21-42(22-20-41)25-32-33(38)7-6-8-34(32)39;1-27-11-14-29(15-12-27)31-26-43(18-5-3-10-37(44)35-9-2-4-17-40-35)36-16-13-28(23-30(31)36)24-41-19-21-42(22-20-41)25-32-33(38)7-6-8-34(32)39/h5-7,10-15,22,25,34,43H,1-4,8-9,16-21,23-24H2;6-8,11-16,23,26,35,40H,2-5,9-10,17-22,24-25H2,1H3;6-8,11-16,23,26,35,40H,2-5,9-10,17-22,24-25H2,1H3. The molecule has 6 fully saturated rings. The first-order chi connectivity index (χ1) is 66.5. The van der Waals surface area contributed by atoms with E-state index in [0.717, 1.165) is 299 Å². The molecule has 12 aromatic rings. The van der Waals surface area contributed by atoms with Crippen LogP contribution in [0.5, 0.6) is 11.5 Å². The van der Waals surface area contributed by atoms with Gasteiger partial charge in [0.2, 0.25) is 0 Å². The molecule has 3 aromatic heterocycles. The average molecular weight is 1980 g/mol. The maximum absolute atomic E-state index is 12.8. The number of nitrogens with zero attached hydrogens (tertiary/aromatic N) is 9. The molecule has 6 aliphatic rings. The van der Waals surface area contributed by atoms with Gasteiger partial charge in [-0.2, -0.15) is 0 Å². The molecule has 3 atom stereocenters. The first-order valence-electron chi connectivity index (χ1n) is 49.4. The molecule has 726 valence electrons. The Morgan fingerprint density at radius 3 is 0.898 bits per heavy atom. The fourth-order valence-corrected chi connectivity index (χ4v) is 21.9. The lowest BCUT2D eigenvalue weighted by Gasteiger charge is -2.35. The number of Topliss-reactive ketones (excluding diaryl/α,β-unsaturated/α-hetero) is 3. The molecular formula is C111H129Cl6F3N12O5. The summed E-state index contributed by atoms with van der Waals surface area (Å²) in [6.07, 6.45) is 19.2. The molecular weight excluding hydrogens is 1850 g/mol. The molecule has 26 heteroatoms. The van der Waals surface area contributed by atoms with Gasteiger partial charge in [0.1, 0.15) is 28.8 Å².